The highest BCUT2D eigenvalue weighted by molar-refractivity contribution is 6.02. The second-order valence-electron chi connectivity index (χ2n) is 9.29. The summed E-state index contributed by atoms with van der Waals surface area (Å²) in [7, 11) is 1.69. The Labute approximate surface area is 185 Å². The molecule has 2 bridgehead atoms. The summed E-state index contributed by atoms with van der Waals surface area (Å²) < 4.78 is 5.57. The lowest BCUT2D eigenvalue weighted by atomic mass is 10.0. The third-order valence-electron chi connectivity index (χ3n) is 7.38. The van der Waals surface area contributed by atoms with Crippen LogP contribution in [0.15, 0.2) is 48.5 Å². The van der Waals surface area contributed by atoms with Crippen molar-refractivity contribution in [2.45, 2.75) is 50.7 Å². The lowest BCUT2D eigenvalue weighted by molar-refractivity contribution is -0.124. The van der Waals surface area contributed by atoms with Crippen LogP contribution in [0.5, 0.6) is 5.75 Å². The number of benzene rings is 2. The van der Waals surface area contributed by atoms with Gasteiger partial charge in [-0.1, -0.05) is 36.4 Å². The number of piperazine rings is 1. The summed E-state index contributed by atoms with van der Waals surface area (Å²) >= 11 is 0. The fourth-order valence-electron chi connectivity index (χ4n) is 5.72. The number of hydrogen-bond donors (Lipinski definition) is 0. The van der Waals surface area contributed by atoms with Crippen molar-refractivity contribution >= 4 is 11.6 Å². The van der Waals surface area contributed by atoms with Crippen LogP contribution in [0.2, 0.25) is 0 Å². The minimum Gasteiger partial charge on any atom is -0.495 e. The van der Waals surface area contributed by atoms with Crippen molar-refractivity contribution in [3.8, 4) is 5.75 Å². The molecule has 3 aliphatic rings. The Hall–Kier alpha value is -2.37. The average Bonchev–Trinajstić information content (AvgIpc) is 3.37. The normalized spacial score (nSPS) is 24.8. The monoisotopic (exact) mass is 419 g/mol. The Balaban J connectivity index is 1.19. The zero-order chi connectivity index (χ0) is 21.4. The highest BCUT2D eigenvalue weighted by Crippen LogP contribution is 2.41. The predicted octanol–water partition coefficient (Wildman–Crippen LogP) is 3.50. The van der Waals surface area contributed by atoms with Crippen molar-refractivity contribution < 1.29 is 9.53 Å². The first-order valence-corrected chi connectivity index (χ1v) is 11.6. The Bertz CT molecular complexity index is 924. The first kappa shape index (κ1) is 20.5. The average molecular weight is 420 g/mol. The number of hydrogen-bond acceptors (Lipinski definition) is 4. The van der Waals surface area contributed by atoms with E-state index >= 15 is 0 Å². The minimum absolute atomic E-state index is 0.0380. The molecule has 3 saturated heterocycles. The van der Waals surface area contributed by atoms with Crippen molar-refractivity contribution in [3.63, 3.8) is 0 Å². The molecule has 0 aliphatic carbocycles. The van der Waals surface area contributed by atoms with Crippen LogP contribution in [0.1, 0.15) is 30.4 Å². The molecule has 3 aliphatic heterocycles. The molecule has 2 aromatic carbocycles. The van der Waals surface area contributed by atoms with Gasteiger partial charge in [-0.15, -0.1) is 0 Å². The summed E-state index contributed by atoms with van der Waals surface area (Å²) in [5.74, 6) is 1.05. The van der Waals surface area contributed by atoms with Crippen LogP contribution in [0.25, 0.3) is 0 Å². The number of carbonyl (C=O) groups excluding carboxylic acids is 1. The van der Waals surface area contributed by atoms with Crippen LogP contribution in [0.4, 0.5) is 5.69 Å². The lowest BCUT2D eigenvalue weighted by Gasteiger charge is -2.42. The summed E-state index contributed by atoms with van der Waals surface area (Å²) in [4.78, 5) is 20.5. The number of nitrogens with zero attached hydrogens (tertiary/aromatic N) is 3. The maximum absolute atomic E-state index is 13.3. The van der Waals surface area contributed by atoms with Gasteiger partial charge in [-0.25, -0.2) is 0 Å². The van der Waals surface area contributed by atoms with Crippen molar-refractivity contribution in [1.82, 2.24) is 9.80 Å². The number of rotatable bonds is 6. The van der Waals surface area contributed by atoms with E-state index in [9.17, 15) is 4.79 Å². The predicted molar refractivity (Wildman–Crippen MR) is 124 cm³/mol. The molecule has 1 amide bonds. The van der Waals surface area contributed by atoms with Crippen molar-refractivity contribution in [3.05, 3.63) is 59.7 Å². The maximum Gasteiger partial charge on any atom is 0.244 e. The molecule has 3 fully saturated rings. The van der Waals surface area contributed by atoms with Crippen LogP contribution in [-0.4, -0.2) is 67.1 Å². The molecule has 0 spiro atoms. The van der Waals surface area contributed by atoms with Crippen LogP contribution >= 0.6 is 0 Å². The molecule has 3 heterocycles. The van der Waals surface area contributed by atoms with E-state index in [1.165, 1.54) is 18.4 Å². The fraction of sp³-hybridized carbons (Fsp3) is 0.500. The van der Waals surface area contributed by atoms with Crippen molar-refractivity contribution in [2.24, 2.45) is 0 Å². The molecule has 0 saturated carbocycles. The van der Waals surface area contributed by atoms with Crippen molar-refractivity contribution in [1.29, 1.82) is 0 Å². The molecule has 31 heavy (non-hydrogen) atoms. The third-order valence-corrected chi connectivity index (χ3v) is 7.38. The first-order valence-electron chi connectivity index (χ1n) is 11.6. The summed E-state index contributed by atoms with van der Waals surface area (Å²) in [6.45, 7) is 6.45. The Morgan fingerprint density at radius 3 is 2.52 bits per heavy atom. The Kier molecular flexibility index (Phi) is 5.72. The Morgan fingerprint density at radius 2 is 1.81 bits per heavy atom. The number of carbonyl (C=O) groups is 1. The molecular formula is C26H33N3O2. The second kappa shape index (κ2) is 8.64. The third kappa shape index (κ3) is 3.97. The van der Waals surface area contributed by atoms with E-state index in [4.69, 9.17) is 4.74 Å². The number of likely N-dealkylation sites (tertiary alicyclic amines) is 2. The number of methoxy groups -OCH3 is 1. The van der Waals surface area contributed by atoms with Gasteiger partial charge in [-0.2, -0.15) is 0 Å². The van der Waals surface area contributed by atoms with Gasteiger partial charge >= 0.3 is 0 Å². The van der Waals surface area contributed by atoms with Gasteiger partial charge in [0.2, 0.25) is 5.91 Å². The van der Waals surface area contributed by atoms with Gasteiger partial charge in [0.05, 0.1) is 24.9 Å². The first-order chi connectivity index (χ1) is 15.1. The molecule has 5 rings (SSSR count). The zero-order valence-corrected chi connectivity index (χ0v) is 18.7. The van der Waals surface area contributed by atoms with Crippen molar-refractivity contribution in [2.75, 3.05) is 38.2 Å². The lowest BCUT2D eigenvalue weighted by Crippen LogP contribution is -2.56. The van der Waals surface area contributed by atoms with E-state index < -0.39 is 0 Å². The number of piperidine rings is 1. The van der Waals surface area contributed by atoms with Crippen LogP contribution < -0.4 is 9.64 Å². The van der Waals surface area contributed by atoms with Gasteiger partial charge in [0.1, 0.15) is 5.75 Å². The zero-order valence-electron chi connectivity index (χ0n) is 18.7. The molecule has 2 atom stereocenters. The molecule has 164 valence electrons. The fourth-order valence-corrected chi connectivity index (χ4v) is 5.72. The highest BCUT2D eigenvalue weighted by atomic mass is 16.5. The summed E-state index contributed by atoms with van der Waals surface area (Å²) in [6, 6.07) is 17.7. The number of anilines is 1. The molecule has 5 heteroatoms. The van der Waals surface area contributed by atoms with Gasteiger partial charge in [0.15, 0.2) is 0 Å². The van der Waals surface area contributed by atoms with Gasteiger partial charge in [0.25, 0.3) is 0 Å². The van der Waals surface area contributed by atoms with Gasteiger partial charge in [-0.3, -0.25) is 9.69 Å². The quantitative estimate of drug-likeness (QED) is 0.718. The summed E-state index contributed by atoms with van der Waals surface area (Å²) in [5, 5.41) is 0. The minimum atomic E-state index is 0.0380. The van der Waals surface area contributed by atoms with E-state index in [1.807, 2.05) is 17.0 Å². The standard InChI is InChI=1S/C26H33N3O2/c1-19-8-9-25(31-2)23(16-19)29-22-17-24(26(29)30)28(18-22)21-11-14-27(15-12-21)13-10-20-6-4-3-5-7-20/h3-9,16,21-22,24H,10-15,17-18H2,1-2H3/t22-,24-/m0/s1. The van der Waals surface area contributed by atoms with E-state index in [2.05, 4.69) is 53.1 Å². The smallest absolute Gasteiger partial charge is 0.244 e. The molecule has 0 unspecified atom stereocenters. The molecule has 0 radical (unpaired) electrons. The largest absolute Gasteiger partial charge is 0.495 e. The summed E-state index contributed by atoms with van der Waals surface area (Å²) in [5.41, 5.74) is 3.51. The Morgan fingerprint density at radius 1 is 1.03 bits per heavy atom. The van der Waals surface area contributed by atoms with E-state index in [1.54, 1.807) is 7.11 Å². The van der Waals surface area contributed by atoms with Gasteiger partial charge < -0.3 is 14.5 Å². The summed E-state index contributed by atoms with van der Waals surface area (Å²) in [6.07, 6.45) is 4.40. The van der Waals surface area contributed by atoms with Crippen LogP contribution in [0, 0.1) is 6.92 Å². The van der Waals surface area contributed by atoms with Crippen LogP contribution in [-0.2, 0) is 11.2 Å². The highest BCUT2D eigenvalue weighted by Gasteiger charge is 2.52. The second-order valence-corrected chi connectivity index (χ2v) is 9.29. The number of aryl methyl sites for hydroxylation is 1. The molecule has 0 aromatic heterocycles. The SMILES string of the molecule is COc1ccc(C)cc1N1C(=O)[C@@H]2C[C@H]1CN2C1CCN(CCc2ccccc2)CC1. The van der Waals surface area contributed by atoms with E-state index in [0.29, 0.717) is 6.04 Å². The molecule has 0 N–H and O–H groups in total. The number of fused-ring (bicyclic) bond motifs is 2. The van der Waals surface area contributed by atoms with Crippen LogP contribution in [0.3, 0.4) is 0 Å². The van der Waals surface area contributed by atoms with E-state index in [0.717, 1.165) is 56.0 Å². The topological polar surface area (TPSA) is 36.0 Å². The van der Waals surface area contributed by atoms with Gasteiger partial charge in [-0.05, 0) is 69.0 Å². The molecule has 5 nitrogen and oxygen atoms in total. The molecular weight excluding hydrogens is 386 g/mol. The number of amides is 1. The van der Waals surface area contributed by atoms with Gasteiger partial charge in [0, 0.05) is 19.1 Å². The van der Waals surface area contributed by atoms with E-state index in [-0.39, 0.29) is 18.0 Å². The maximum atomic E-state index is 13.3. The molecule has 2 aromatic rings. The number of ether oxygens (including phenoxy) is 1.